The van der Waals surface area contributed by atoms with Gasteiger partial charge in [-0.15, -0.1) is 11.3 Å². The standard InChI is InChI=1S/C20H24N2O2S/c23-18(19-4-3-13-25-19)9-10-20(24)21-14-16-5-7-17(8-6-16)15-22-11-1-2-12-22/h3-8,13H,1-2,9-12,14-15H2,(H,21,24). The van der Waals surface area contributed by atoms with Crippen molar-refractivity contribution in [2.75, 3.05) is 13.1 Å². The van der Waals surface area contributed by atoms with Gasteiger partial charge in [-0.05, 0) is 48.5 Å². The summed E-state index contributed by atoms with van der Waals surface area (Å²) in [6, 6.07) is 12.1. The number of thiophene rings is 1. The van der Waals surface area contributed by atoms with E-state index < -0.39 is 0 Å². The SMILES string of the molecule is O=C(CCC(=O)c1cccs1)NCc1ccc(CN2CCCC2)cc1. The first-order valence-electron chi connectivity index (χ1n) is 8.84. The molecule has 0 bridgehead atoms. The smallest absolute Gasteiger partial charge is 0.220 e. The molecule has 2 heterocycles. The van der Waals surface area contributed by atoms with Gasteiger partial charge in [0.15, 0.2) is 5.78 Å². The number of nitrogens with one attached hydrogen (secondary N) is 1. The Hall–Kier alpha value is -1.98. The number of likely N-dealkylation sites (tertiary alicyclic amines) is 1. The third-order valence-electron chi connectivity index (χ3n) is 4.49. The molecule has 2 aromatic rings. The van der Waals surface area contributed by atoms with Crippen LogP contribution in [0.15, 0.2) is 41.8 Å². The molecular formula is C20H24N2O2S. The Labute approximate surface area is 152 Å². The van der Waals surface area contributed by atoms with Crippen molar-refractivity contribution in [3.8, 4) is 0 Å². The predicted molar refractivity (Wildman–Crippen MR) is 101 cm³/mol. The number of Topliss-reactive ketones (excluding diaryl/α,β-unsaturated/α-hetero) is 1. The fourth-order valence-corrected chi connectivity index (χ4v) is 3.73. The summed E-state index contributed by atoms with van der Waals surface area (Å²) in [6.45, 7) is 3.91. The van der Waals surface area contributed by atoms with Crippen molar-refractivity contribution in [2.45, 2.75) is 38.8 Å². The molecule has 132 valence electrons. The van der Waals surface area contributed by atoms with Gasteiger partial charge in [-0.1, -0.05) is 30.3 Å². The summed E-state index contributed by atoms with van der Waals surface area (Å²) < 4.78 is 0. The quantitative estimate of drug-likeness (QED) is 0.735. The van der Waals surface area contributed by atoms with Crippen molar-refractivity contribution in [3.63, 3.8) is 0 Å². The maximum atomic E-state index is 11.9. The monoisotopic (exact) mass is 356 g/mol. The van der Waals surface area contributed by atoms with Crippen LogP contribution in [-0.4, -0.2) is 29.7 Å². The molecule has 0 atom stereocenters. The number of amides is 1. The van der Waals surface area contributed by atoms with E-state index in [0.717, 1.165) is 17.0 Å². The fraction of sp³-hybridized carbons (Fsp3) is 0.400. The minimum Gasteiger partial charge on any atom is -0.352 e. The molecule has 0 spiro atoms. The lowest BCUT2D eigenvalue weighted by Gasteiger charge is -2.14. The van der Waals surface area contributed by atoms with Crippen LogP contribution in [0.3, 0.4) is 0 Å². The van der Waals surface area contributed by atoms with Crippen molar-refractivity contribution in [1.82, 2.24) is 10.2 Å². The number of nitrogens with zero attached hydrogens (tertiary/aromatic N) is 1. The summed E-state index contributed by atoms with van der Waals surface area (Å²) in [4.78, 5) is 27.0. The molecule has 1 saturated heterocycles. The highest BCUT2D eigenvalue weighted by Gasteiger charge is 2.12. The Kier molecular flexibility index (Phi) is 6.36. The molecule has 1 fully saturated rings. The van der Waals surface area contributed by atoms with Gasteiger partial charge < -0.3 is 5.32 Å². The van der Waals surface area contributed by atoms with Crippen LogP contribution in [-0.2, 0) is 17.9 Å². The Morgan fingerprint density at radius 3 is 2.40 bits per heavy atom. The van der Waals surface area contributed by atoms with Crippen LogP contribution in [0.1, 0.15) is 46.5 Å². The average Bonchev–Trinajstić information content (AvgIpc) is 3.33. The van der Waals surface area contributed by atoms with E-state index in [9.17, 15) is 9.59 Å². The zero-order valence-corrected chi connectivity index (χ0v) is 15.2. The van der Waals surface area contributed by atoms with Crippen molar-refractivity contribution in [1.29, 1.82) is 0 Å². The number of carbonyl (C=O) groups is 2. The van der Waals surface area contributed by atoms with E-state index in [2.05, 4.69) is 34.5 Å². The molecule has 1 aliphatic rings. The maximum Gasteiger partial charge on any atom is 0.220 e. The van der Waals surface area contributed by atoms with Crippen LogP contribution in [0.5, 0.6) is 0 Å². The maximum absolute atomic E-state index is 11.9. The second-order valence-corrected chi connectivity index (χ2v) is 7.42. The summed E-state index contributed by atoms with van der Waals surface area (Å²) in [5.41, 5.74) is 2.40. The third kappa shape index (κ3) is 5.51. The number of carbonyl (C=O) groups excluding carboxylic acids is 2. The number of ketones is 1. The van der Waals surface area contributed by atoms with Gasteiger partial charge in [0.25, 0.3) is 0 Å². The highest BCUT2D eigenvalue weighted by Crippen LogP contribution is 2.14. The molecule has 4 nitrogen and oxygen atoms in total. The van der Waals surface area contributed by atoms with Gasteiger partial charge >= 0.3 is 0 Å². The van der Waals surface area contributed by atoms with E-state index in [0.29, 0.717) is 6.54 Å². The lowest BCUT2D eigenvalue weighted by Crippen LogP contribution is -2.23. The molecule has 5 heteroatoms. The van der Waals surface area contributed by atoms with E-state index in [4.69, 9.17) is 0 Å². The average molecular weight is 356 g/mol. The van der Waals surface area contributed by atoms with Crippen LogP contribution >= 0.6 is 11.3 Å². The van der Waals surface area contributed by atoms with Gasteiger partial charge in [0.1, 0.15) is 0 Å². The molecule has 1 aliphatic heterocycles. The van der Waals surface area contributed by atoms with E-state index >= 15 is 0 Å². The van der Waals surface area contributed by atoms with E-state index in [1.165, 1.54) is 42.8 Å². The fourth-order valence-electron chi connectivity index (χ4n) is 3.04. The molecule has 1 aromatic heterocycles. The van der Waals surface area contributed by atoms with E-state index in [-0.39, 0.29) is 24.5 Å². The van der Waals surface area contributed by atoms with Gasteiger partial charge in [0.2, 0.25) is 5.91 Å². The first-order valence-corrected chi connectivity index (χ1v) is 9.72. The number of hydrogen-bond donors (Lipinski definition) is 1. The second kappa shape index (κ2) is 8.92. The summed E-state index contributed by atoms with van der Waals surface area (Å²) in [6.07, 6.45) is 3.11. The Morgan fingerprint density at radius 2 is 1.72 bits per heavy atom. The van der Waals surface area contributed by atoms with Crippen LogP contribution in [0.25, 0.3) is 0 Å². The molecule has 0 aliphatic carbocycles. The lowest BCUT2D eigenvalue weighted by atomic mass is 10.1. The number of hydrogen-bond acceptors (Lipinski definition) is 4. The molecular weight excluding hydrogens is 332 g/mol. The van der Waals surface area contributed by atoms with Crippen LogP contribution < -0.4 is 5.32 Å². The predicted octanol–water partition coefficient (Wildman–Crippen LogP) is 3.62. The summed E-state index contributed by atoms with van der Waals surface area (Å²) in [7, 11) is 0. The van der Waals surface area contributed by atoms with Gasteiger partial charge in [0, 0.05) is 25.9 Å². The highest BCUT2D eigenvalue weighted by atomic mass is 32.1. The zero-order valence-electron chi connectivity index (χ0n) is 14.4. The van der Waals surface area contributed by atoms with Gasteiger partial charge in [-0.2, -0.15) is 0 Å². The highest BCUT2D eigenvalue weighted by molar-refractivity contribution is 7.12. The van der Waals surface area contributed by atoms with Crippen LogP contribution in [0, 0.1) is 0 Å². The van der Waals surface area contributed by atoms with Crippen molar-refractivity contribution < 1.29 is 9.59 Å². The van der Waals surface area contributed by atoms with Crippen LogP contribution in [0.4, 0.5) is 0 Å². The summed E-state index contributed by atoms with van der Waals surface area (Å²) >= 11 is 1.42. The molecule has 0 radical (unpaired) electrons. The van der Waals surface area contributed by atoms with Gasteiger partial charge in [-0.25, -0.2) is 0 Å². The van der Waals surface area contributed by atoms with E-state index in [1.54, 1.807) is 6.07 Å². The van der Waals surface area contributed by atoms with Crippen LogP contribution in [0.2, 0.25) is 0 Å². The van der Waals surface area contributed by atoms with Gasteiger partial charge in [0.05, 0.1) is 4.88 Å². The zero-order chi connectivity index (χ0) is 17.5. The Balaban J connectivity index is 1.38. The Bertz CT molecular complexity index is 689. The second-order valence-electron chi connectivity index (χ2n) is 6.48. The van der Waals surface area contributed by atoms with Crippen molar-refractivity contribution >= 4 is 23.0 Å². The normalized spacial score (nSPS) is 14.6. The first-order chi connectivity index (χ1) is 12.2. The lowest BCUT2D eigenvalue weighted by molar-refractivity contribution is -0.121. The Morgan fingerprint density at radius 1 is 1.00 bits per heavy atom. The molecule has 0 unspecified atom stereocenters. The number of benzene rings is 1. The van der Waals surface area contributed by atoms with Crippen molar-refractivity contribution in [3.05, 3.63) is 57.8 Å². The largest absolute Gasteiger partial charge is 0.352 e. The summed E-state index contributed by atoms with van der Waals surface area (Å²) in [5, 5.41) is 4.77. The minimum atomic E-state index is -0.0777. The molecule has 1 aromatic carbocycles. The molecule has 25 heavy (non-hydrogen) atoms. The first kappa shape index (κ1) is 17.8. The molecule has 1 amide bonds. The third-order valence-corrected chi connectivity index (χ3v) is 5.40. The molecule has 3 rings (SSSR count). The minimum absolute atomic E-state index is 0.0383. The van der Waals surface area contributed by atoms with E-state index in [1.807, 2.05) is 11.4 Å². The van der Waals surface area contributed by atoms with Crippen molar-refractivity contribution in [2.24, 2.45) is 0 Å². The topological polar surface area (TPSA) is 49.4 Å². The molecule has 1 N–H and O–H groups in total. The number of rotatable bonds is 8. The summed E-state index contributed by atoms with van der Waals surface area (Å²) in [5.74, 6) is -0.0394. The molecule has 0 saturated carbocycles. The van der Waals surface area contributed by atoms with Gasteiger partial charge in [-0.3, -0.25) is 14.5 Å².